The highest BCUT2D eigenvalue weighted by Crippen LogP contribution is 2.32. The van der Waals surface area contributed by atoms with Crippen LogP contribution in [0.15, 0.2) is 24.3 Å². The Labute approximate surface area is 97.6 Å². The number of hydrogen-bond acceptors (Lipinski definition) is 2. The molecule has 3 heteroatoms. The number of thiophene rings is 1. The molecule has 1 nitrogen and oxygen atoms in total. The molecule has 0 fully saturated rings. The van der Waals surface area contributed by atoms with E-state index in [2.05, 4.69) is 0 Å². The van der Waals surface area contributed by atoms with Crippen molar-refractivity contribution in [2.75, 3.05) is 0 Å². The second-order valence-electron chi connectivity index (χ2n) is 3.74. The summed E-state index contributed by atoms with van der Waals surface area (Å²) >= 11 is 1.39. The van der Waals surface area contributed by atoms with Crippen molar-refractivity contribution in [1.82, 2.24) is 0 Å². The van der Waals surface area contributed by atoms with Gasteiger partial charge < -0.3 is 0 Å². The molecule has 2 aromatic rings. The van der Waals surface area contributed by atoms with Gasteiger partial charge in [0.25, 0.3) is 0 Å². The summed E-state index contributed by atoms with van der Waals surface area (Å²) in [5.74, 6) is -0.210. The number of aryl methyl sites for hydroxylation is 2. The molecule has 0 aliphatic heterocycles. The average Bonchev–Trinajstić information content (AvgIpc) is 2.64. The number of aldehydes is 1. The van der Waals surface area contributed by atoms with E-state index < -0.39 is 0 Å². The van der Waals surface area contributed by atoms with E-state index in [1.165, 1.54) is 17.4 Å². The first kappa shape index (κ1) is 11.0. The second kappa shape index (κ2) is 4.18. The Bertz CT molecular complexity index is 543. The van der Waals surface area contributed by atoms with Crippen molar-refractivity contribution >= 4 is 17.6 Å². The van der Waals surface area contributed by atoms with Gasteiger partial charge in [0, 0.05) is 4.88 Å². The van der Waals surface area contributed by atoms with Crippen molar-refractivity contribution < 1.29 is 9.18 Å². The summed E-state index contributed by atoms with van der Waals surface area (Å²) in [6, 6.07) is 6.98. The number of rotatable bonds is 2. The summed E-state index contributed by atoms with van der Waals surface area (Å²) < 4.78 is 13.4. The highest BCUT2D eigenvalue weighted by molar-refractivity contribution is 7.17. The van der Waals surface area contributed by atoms with Crippen LogP contribution >= 0.6 is 11.3 Å². The predicted molar refractivity (Wildman–Crippen MR) is 64.6 cm³/mol. The first-order valence-electron chi connectivity index (χ1n) is 4.94. The van der Waals surface area contributed by atoms with Gasteiger partial charge in [0.05, 0.1) is 4.88 Å². The molecule has 82 valence electrons. The van der Waals surface area contributed by atoms with Gasteiger partial charge in [-0.3, -0.25) is 4.79 Å². The van der Waals surface area contributed by atoms with Crippen LogP contribution in [0.1, 0.15) is 20.8 Å². The summed E-state index contributed by atoms with van der Waals surface area (Å²) in [4.78, 5) is 12.3. The Kier molecular flexibility index (Phi) is 2.88. The summed E-state index contributed by atoms with van der Waals surface area (Å²) in [7, 11) is 0. The molecule has 0 spiro atoms. The molecule has 1 heterocycles. The zero-order valence-corrected chi connectivity index (χ0v) is 9.90. The lowest BCUT2D eigenvalue weighted by molar-refractivity contribution is 0.112. The molecular formula is C13H11FOS. The van der Waals surface area contributed by atoms with Crippen molar-refractivity contribution in [3.8, 4) is 10.4 Å². The standard InChI is InChI=1S/C13H11FOS/c1-8-3-4-10(6-12(8)14)13-9(2)5-11(7-15)16-13/h3-7H,1-2H3. The number of carbonyl (C=O) groups excluding carboxylic acids is 1. The van der Waals surface area contributed by atoms with Gasteiger partial charge in [-0.1, -0.05) is 12.1 Å². The van der Waals surface area contributed by atoms with E-state index >= 15 is 0 Å². The molecule has 0 saturated heterocycles. The largest absolute Gasteiger partial charge is 0.297 e. The van der Waals surface area contributed by atoms with E-state index in [-0.39, 0.29) is 5.82 Å². The number of hydrogen-bond donors (Lipinski definition) is 0. The maximum Gasteiger partial charge on any atom is 0.160 e. The lowest BCUT2D eigenvalue weighted by Gasteiger charge is -2.02. The topological polar surface area (TPSA) is 17.1 Å². The highest BCUT2D eigenvalue weighted by atomic mass is 32.1. The van der Waals surface area contributed by atoms with Gasteiger partial charge in [0.1, 0.15) is 5.82 Å². The average molecular weight is 234 g/mol. The maximum absolute atomic E-state index is 13.4. The van der Waals surface area contributed by atoms with Crippen molar-refractivity contribution in [3.63, 3.8) is 0 Å². The van der Waals surface area contributed by atoms with Crippen LogP contribution in [0.5, 0.6) is 0 Å². The number of halogens is 1. The number of benzene rings is 1. The van der Waals surface area contributed by atoms with Gasteiger partial charge in [-0.15, -0.1) is 11.3 Å². The third-order valence-corrected chi connectivity index (χ3v) is 3.70. The SMILES string of the molecule is Cc1ccc(-c2sc(C=O)cc2C)cc1F. The van der Waals surface area contributed by atoms with E-state index in [0.29, 0.717) is 10.4 Å². The Morgan fingerprint density at radius 2 is 1.94 bits per heavy atom. The van der Waals surface area contributed by atoms with Gasteiger partial charge in [-0.2, -0.15) is 0 Å². The molecule has 0 saturated carbocycles. The lowest BCUT2D eigenvalue weighted by Crippen LogP contribution is -1.83. The normalized spacial score (nSPS) is 10.4. The van der Waals surface area contributed by atoms with Crippen LogP contribution in [-0.2, 0) is 0 Å². The minimum atomic E-state index is -0.210. The molecular weight excluding hydrogens is 223 g/mol. The molecule has 2 rings (SSSR count). The Morgan fingerprint density at radius 3 is 2.50 bits per heavy atom. The Hall–Kier alpha value is -1.48. The first-order chi connectivity index (χ1) is 7.61. The monoisotopic (exact) mass is 234 g/mol. The van der Waals surface area contributed by atoms with Crippen molar-refractivity contribution in [1.29, 1.82) is 0 Å². The van der Waals surface area contributed by atoms with E-state index in [4.69, 9.17) is 0 Å². The minimum absolute atomic E-state index is 0.210. The molecule has 0 bridgehead atoms. The summed E-state index contributed by atoms with van der Waals surface area (Å²) in [6.45, 7) is 3.66. The Morgan fingerprint density at radius 1 is 1.19 bits per heavy atom. The fourth-order valence-electron chi connectivity index (χ4n) is 1.59. The Balaban J connectivity index is 2.53. The first-order valence-corrected chi connectivity index (χ1v) is 5.75. The van der Waals surface area contributed by atoms with Gasteiger partial charge in [-0.05, 0) is 42.7 Å². The summed E-state index contributed by atoms with van der Waals surface area (Å²) in [5.41, 5.74) is 2.47. The molecule has 1 aromatic carbocycles. The van der Waals surface area contributed by atoms with Crippen molar-refractivity contribution in [3.05, 3.63) is 46.1 Å². The van der Waals surface area contributed by atoms with E-state index in [1.807, 2.05) is 19.1 Å². The molecule has 0 aliphatic carbocycles. The van der Waals surface area contributed by atoms with Gasteiger partial charge in [-0.25, -0.2) is 4.39 Å². The van der Waals surface area contributed by atoms with Crippen LogP contribution in [0.2, 0.25) is 0 Å². The molecule has 0 amide bonds. The van der Waals surface area contributed by atoms with Crippen LogP contribution in [-0.4, -0.2) is 6.29 Å². The molecule has 0 aliphatic rings. The predicted octanol–water partition coefficient (Wildman–Crippen LogP) is 3.98. The molecule has 0 N–H and O–H groups in total. The zero-order chi connectivity index (χ0) is 11.7. The smallest absolute Gasteiger partial charge is 0.160 e. The molecule has 1 aromatic heterocycles. The molecule has 0 unspecified atom stereocenters. The summed E-state index contributed by atoms with van der Waals surface area (Å²) in [5, 5.41) is 0. The van der Waals surface area contributed by atoms with Gasteiger partial charge >= 0.3 is 0 Å². The zero-order valence-electron chi connectivity index (χ0n) is 9.08. The fourth-order valence-corrected chi connectivity index (χ4v) is 2.57. The molecule has 0 atom stereocenters. The van der Waals surface area contributed by atoms with E-state index in [0.717, 1.165) is 22.3 Å². The number of carbonyl (C=O) groups is 1. The second-order valence-corrected chi connectivity index (χ2v) is 4.83. The molecule has 16 heavy (non-hydrogen) atoms. The summed E-state index contributed by atoms with van der Waals surface area (Å²) in [6.07, 6.45) is 0.825. The quantitative estimate of drug-likeness (QED) is 0.718. The van der Waals surface area contributed by atoms with Gasteiger partial charge in [0.2, 0.25) is 0 Å². The van der Waals surface area contributed by atoms with Crippen molar-refractivity contribution in [2.24, 2.45) is 0 Å². The van der Waals surface area contributed by atoms with Crippen LogP contribution in [0, 0.1) is 19.7 Å². The third-order valence-electron chi connectivity index (χ3n) is 2.49. The maximum atomic E-state index is 13.4. The van der Waals surface area contributed by atoms with Crippen LogP contribution in [0.4, 0.5) is 4.39 Å². The van der Waals surface area contributed by atoms with E-state index in [9.17, 15) is 9.18 Å². The fraction of sp³-hybridized carbons (Fsp3) is 0.154. The van der Waals surface area contributed by atoms with Crippen LogP contribution < -0.4 is 0 Å². The highest BCUT2D eigenvalue weighted by Gasteiger charge is 2.09. The minimum Gasteiger partial charge on any atom is -0.297 e. The lowest BCUT2D eigenvalue weighted by atomic mass is 10.1. The van der Waals surface area contributed by atoms with Crippen molar-refractivity contribution in [2.45, 2.75) is 13.8 Å². The van der Waals surface area contributed by atoms with Gasteiger partial charge in [0.15, 0.2) is 6.29 Å². The van der Waals surface area contributed by atoms with Crippen LogP contribution in [0.3, 0.4) is 0 Å². The third kappa shape index (κ3) is 1.91. The van der Waals surface area contributed by atoms with Crippen LogP contribution in [0.25, 0.3) is 10.4 Å². The van der Waals surface area contributed by atoms with E-state index in [1.54, 1.807) is 13.0 Å². The molecule has 0 radical (unpaired) electrons.